The molecule has 1 heterocycles. The lowest BCUT2D eigenvalue weighted by Crippen LogP contribution is -2.60. The number of hydrogen-bond donors (Lipinski definition) is 2. The number of rotatable bonds is 6. The van der Waals surface area contributed by atoms with E-state index in [2.05, 4.69) is 36.3 Å². The largest absolute Gasteiger partial charge is 0.349 e. The fraction of sp³-hybridized carbons (Fsp3) is 0.947. The molecule has 0 unspecified atom stereocenters. The molecular formula is C19H35N3O. The lowest BCUT2D eigenvalue weighted by atomic mass is 9.64. The Morgan fingerprint density at radius 1 is 1.09 bits per heavy atom. The van der Waals surface area contributed by atoms with Gasteiger partial charge in [0.15, 0.2) is 0 Å². The molecule has 0 radical (unpaired) electrons. The maximum absolute atomic E-state index is 12.4. The number of likely N-dealkylation sites (tertiary alicyclic amines) is 1. The molecule has 0 spiro atoms. The van der Waals surface area contributed by atoms with Crippen LogP contribution in [0.15, 0.2) is 0 Å². The van der Waals surface area contributed by atoms with Gasteiger partial charge in [-0.25, -0.2) is 0 Å². The van der Waals surface area contributed by atoms with E-state index in [0.29, 0.717) is 12.5 Å². The van der Waals surface area contributed by atoms with Crippen LogP contribution in [-0.4, -0.2) is 49.1 Å². The van der Waals surface area contributed by atoms with Gasteiger partial charge in [0.2, 0.25) is 5.91 Å². The molecule has 2 bridgehead atoms. The van der Waals surface area contributed by atoms with Crippen molar-refractivity contribution in [3.05, 3.63) is 0 Å². The predicted molar refractivity (Wildman–Crippen MR) is 94.3 cm³/mol. The van der Waals surface area contributed by atoms with Gasteiger partial charge in [0.1, 0.15) is 0 Å². The molecule has 23 heavy (non-hydrogen) atoms. The Morgan fingerprint density at radius 3 is 2.43 bits per heavy atom. The highest BCUT2D eigenvalue weighted by Crippen LogP contribution is 2.61. The van der Waals surface area contributed by atoms with Crippen molar-refractivity contribution in [3.8, 4) is 0 Å². The number of piperidine rings is 1. The zero-order valence-corrected chi connectivity index (χ0v) is 15.3. The molecule has 3 aliphatic rings. The molecule has 4 heteroatoms. The molecule has 3 atom stereocenters. The van der Waals surface area contributed by atoms with Gasteiger partial charge < -0.3 is 15.5 Å². The average molecular weight is 322 g/mol. The topological polar surface area (TPSA) is 44.4 Å². The number of amides is 1. The van der Waals surface area contributed by atoms with Gasteiger partial charge in [-0.15, -0.1) is 0 Å². The average Bonchev–Trinajstić information content (AvgIpc) is 3.08. The summed E-state index contributed by atoms with van der Waals surface area (Å²) in [4.78, 5) is 14.9. The van der Waals surface area contributed by atoms with E-state index in [1.807, 2.05) is 0 Å². The summed E-state index contributed by atoms with van der Waals surface area (Å²) in [6, 6.07) is 0. The Balaban J connectivity index is 1.41. The summed E-state index contributed by atoms with van der Waals surface area (Å²) in [6.45, 7) is 11.9. The van der Waals surface area contributed by atoms with E-state index in [0.717, 1.165) is 19.0 Å². The summed E-state index contributed by atoms with van der Waals surface area (Å²) >= 11 is 0. The summed E-state index contributed by atoms with van der Waals surface area (Å²) in [5.74, 6) is 1.62. The fourth-order valence-electron chi connectivity index (χ4n) is 5.33. The third kappa shape index (κ3) is 3.30. The lowest BCUT2D eigenvalue weighted by molar-refractivity contribution is -0.124. The van der Waals surface area contributed by atoms with Gasteiger partial charge in [-0.1, -0.05) is 20.3 Å². The van der Waals surface area contributed by atoms with Crippen molar-refractivity contribution in [2.45, 2.75) is 64.8 Å². The van der Waals surface area contributed by atoms with Crippen LogP contribution >= 0.6 is 0 Å². The minimum atomic E-state index is -0.0262. The van der Waals surface area contributed by atoms with Crippen molar-refractivity contribution >= 4 is 5.91 Å². The van der Waals surface area contributed by atoms with Crippen molar-refractivity contribution in [1.29, 1.82) is 0 Å². The first kappa shape index (κ1) is 17.2. The van der Waals surface area contributed by atoms with Crippen LogP contribution in [0.3, 0.4) is 0 Å². The van der Waals surface area contributed by atoms with E-state index in [1.165, 1.54) is 51.6 Å². The molecule has 3 rings (SSSR count). The quantitative estimate of drug-likeness (QED) is 0.738. The molecule has 3 fully saturated rings. The van der Waals surface area contributed by atoms with Crippen LogP contribution in [0.5, 0.6) is 0 Å². The lowest BCUT2D eigenvalue weighted by Gasteiger charge is -2.48. The number of nitrogens with one attached hydrogen (secondary N) is 2. The standard InChI is InChI=1S/C19H35N3O/c1-18(2)15-7-8-16(13-15)19(18,3)21-17(23)14-20-9-12-22-10-5-4-6-11-22/h15-16,20H,4-14H2,1-3H3,(H,21,23)/t15-,16-,19+/m0/s1. The van der Waals surface area contributed by atoms with E-state index in [4.69, 9.17) is 0 Å². The molecule has 0 aromatic rings. The fourth-order valence-corrected chi connectivity index (χ4v) is 5.33. The first-order valence-corrected chi connectivity index (χ1v) is 9.67. The molecule has 4 nitrogen and oxygen atoms in total. The summed E-state index contributed by atoms with van der Waals surface area (Å²) in [6.07, 6.45) is 7.96. The Bertz CT molecular complexity index is 430. The van der Waals surface area contributed by atoms with Gasteiger partial charge >= 0.3 is 0 Å². The third-order valence-corrected chi connectivity index (χ3v) is 7.35. The van der Waals surface area contributed by atoms with Crippen LogP contribution in [0.2, 0.25) is 0 Å². The van der Waals surface area contributed by atoms with E-state index < -0.39 is 0 Å². The smallest absolute Gasteiger partial charge is 0.234 e. The summed E-state index contributed by atoms with van der Waals surface area (Å²) < 4.78 is 0. The van der Waals surface area contributed by atoms with Crippen molar-refractivity contribution < 1.29 is 4.79 Å². The summed E-state index contributed by atoms with van der Waals surface area (Å²) in [5.41, 5.74) is 0.195. The maximum atomic E-state index is 12.4. The molecule has 132 valence electrons. The highest BCUT2D eigenvalue weighted by atomic mass is 16.2. The van der Waals surface area contributed by atoms with Crippen molar-refractivity contribution in [3.63, 3.8) is 0 Å². The van der Waals surface area contributed by atoms with E-state index in [-0.39, 0.29) is 16.9 Å². The van der Waals surface area contributed by atoms with Gasteiger partial charge in [-0.3, -0.25) is 4.79 Å². The van der Waals surface area contributed by atoms with E-state index in [9.17, 15) is 4.79 Å². The SMILES string of the molecule is CC1(C)[C@H]2CC[C@@H](C2)[C@@]1(C)NC(=O)CNCCN1CCCCC1. The molecule has 1 amide bonds. The van der Waals surface area contributed by atoms with E-state index in [1.54, 1.807) is 0 Å². The van der Waals surface area contributed by atoms with E-state index >= 15 is 0 Å². The second-order valence-corrected chi connectivity index (χ2v) is 8.76. The van der Waals surface area contributed by atoms with Crippen LogP contribution in [0, 0.1) is 17.3 Å². The number of hydrogen-bond acceptors (Lipinski definition) is 3. The molecule has 2 N–H and O–H groups in total. The molecule has 0 aromatic carbocycles. The van der Waals surface area contributed by atoms with Crippen molar-refractivity contribution in [2.75, 3.05) is 32.7 Å². The first-order chi connectivity index (χ1) is 10.9. The monoisotopic (exact) mass is 321 g/mol. The van der Waals surface area contributed by atoms with Crippen LogP contribution in [0.4, 0.5) is 0 Å². The summed E-state index contributed by atoms with van der Waals surface area (Å²) in [5, 5.41) is 6.74. The van der Waals surface area contributed by atoms with Crippen LogP contribution in [0.1, 0.15) is 59.3 Å². The van der Waals surface area contributed by atoms with Gasteiger partial charge in [-0.05, 0) is 69.4 Å². The van der Waals surface area contributed by atoms with Crippen molar-refractivity contribution in [2.24, 2.45) is 17.3 Å². The predicted octanol–water partition coefficient (Wildman–Crippen LogP) is 2.39. The van der Waals surface area contributed by atoms with Gasteiger partial charge in [0, 0.05) is 18.6 Å². The normalized spacial score (nSPS) is 36.3. The van der Waals surface area contributed by atoms with Crippen LogP contribution < -0.4 is 10.6 Å². The summed E-state index contributed by atoms with van der Waals surface area (Å²) in [7, 11) is 0. The Hall–Kier alpha value is -0.610. The number of nitrogens with zero attached hydrogens (tertiary/aromatic N) is 1. The van der Waals surface area contributed by atoms with Gasteiger partial charge in [0.05, 0.1) is 6.54 Å². The Labute approximate surface area is 141 Å². The number of fused-ring (bicyclic) bond motifs is 2. The van der Waals surface area contributed by atoms with Crippen LogP contribution in [-0.2, 0) is 4.79 Å². The molecule has 2 aliphatic carbocycles. The van der Waals surface area contributed by atoms with Crippen LogP contribution in [0.25, 0.3) is 0 Å². The minimum Gasteiger partial charge on any atom is -0.349 e. The minimum absolute atomic E-state index is 0.0262. The van der Waals surface area contributed by atoms with Gasteiger partial charge in [0.25, 0.3) is 0 Å². The Morgan fingerprint density at radius 2 is 1.78 bits per heavy atom. The molecule has 1 saturated heterocycles. The zero-order valence-electron chi connectivity index (χ0n) is 15.3. The molecular weight excluding hydrogens is 286 g/mol. The second kappa shape index (κ2) is 6.72. The molecule has 1 aliphatic heterocycles. The number of carbonyl (C=O) groups is 1. The highest BCUT2D eigenvalue weighted by molar-refractivity contribution is 5.79. The molecule has 0 aromatic heterocycles. The second-order valence-electron chi connectivity index (χ2n) is 8.76. The first-order valence-electron chi connectivity index (χ1n) is 9.67. The number of carbonyl (C=O) groups excluding carboxylic acids is 1. The van der Waals surface area contributed by atoms with Crippen molar-refractivity contribution in [1.82, 2.24) is 15.5 Å². The maximum Gasteiger partial charge on any atom is 0.234 e. The third-order valence-electron chi connectivity index (χ3n) is 7.35. The zero-order chi connectivity index (χ0) is 16.5. The highest BCUT2D eigenvalue weighted by Gasteiger charge is 2.60. The Kier molecular flexibility index (Phi) is 5.03. The molecule has 2 saturated carbocycles. The van der Waals surface area contributed by atoms with Gasteiger partial charge in [-0.2, -0.15) is 0 Å².